The van der Waals surface area contributed by atoms with Crippen molar-refractivity contribution < 1.29 is 34.8 Å². The van der Waals surface area contributed by atoms with Crippen molar-refractivity contribution in [2.45, 2.75) is 11.7 Å². The number of esters is 1. The predicted octanol–water partition coefficient (Wildman–Crippen LogP) is -0.154. The minimum absolute atomic E-state index is 0.0549. The van der Waals surface area contributed by atoms with Gasteiger partial charge in [0.25, 0.3) is 0 Å². The maximum Gasteiger partial charge on any atom is 0.378 e. The maximum absolute atomic E-state index is 12.2. The largest absolute Gasteiger partial charge is 0.505 e. The second-order valence-corrected chi connectivity index (χ2v) is 4.30. The Balaban J connectivity index is 2.41. The lowest BCUT2D eigenvalue weighted by molar-refractivity contribution is -0.153. The van der Waals surface area contributed by atoms with Crippen molar-refractivity contribution in [2.75, 3.05) is 6.61 Å². The van der Waals surface area contributed by atoms with E-state index in [0.29, 0.717) is 0 Å². The van der Waals surface area contributed by atoms with E-state index in [1.165, 1.54) is 12.1 Å². The summed E-state index contributed by atoms with van der Waals surface area (Å²) in [4.78, 5) is 23.3. The molecule has 0 bridgehead atoms. The Hall–Kier alpha value is -2.38. The molecule has 2 rings (SSSR count). The molecular weight excluding hydrogens is 268 g/mol. The molecule has 0 spiro atoms. The van der Waals surface area contributed by atoms with Crippen LogP contribution < -0.4 is 0 Å². The van der Waals surface area contributed by atoms with Gasteiger partial charge in [0.05, 0.1) is 6.61 Å². The molecule has 106 valence electrons. The molecule has 1 heterocycles. The summed E-state index contributed by atoms with van der Waals surface area (Å²) in [5.74, 6) is -4.31. The van der Waals surface area contributed by atoms with Gasteiger partial charge in [-0.2, -0.15) is 0 Å². The van der Waals surface area contributed by atoms with Gasteiger partial charge in [-0.1, -0.05) is 30.3 Å². The second kappa shape index (κ2) is 4.95. The Kier molecular flexibility index (Phi) is 3.47. The van der Waals surface area contributed by atoms with Gasteiger partial charge in [0, 0.05) is 5.56 Å². The predicted molar refractivity (Wildman–Crippen MR) is 65.0 cm³/mol. The fourth-order valence-corrected chi connectivity index (χ4v) is 1.88. The number of rotatable bonds is 4. The number of benzene rings is 1. The zero-order chi connectivity index (χ0) is 14.9. The summed E-state index contributed by atoms with van der Waals surface area (Å²) in [6.45, 7) is -1.10. The van der Waals surface area contributed by atoms with Crippen LogP contribution in [-0.4, -0.2) is 50.5 Å². The Morgan fingerprint density at radius 2 is 1.85 bits per heavy atom. The highest BCUT2D eigenvalue weighted by molar-refractivity contribution is 6.04. The first-order valence-corrected chi connectivity index (χ1v) is 5.68. The summed E-state index contributed by atoms with van der Waals surface area (Å²) in [5.41, 5.74) is -2.52. The van der Waals surface area contributed by atoms with Crippen molar-refractivity contribution in [2.24, 2.45) is 0 Å². The number of aliphatic hydroxyl groups excluding tert-OH is 3. The van der Waals surface area contributed by atoms with Crippen molar-refractivity contribution in [3.05, 3.63) is 47.4 Å². The minimum atomic E-state index is -2.58. The Bertz CT molecular complexity index is 578. The van der Waals surface area contributed by atoms with Crippen LogP contribution in [0.4, 0.5) is 0 Å². The summed E-state index contributed by atoms with van der Waals surface area (Å²) in [6, 6.07) is 7.51. The lowest BCUT2D eigenvalue weighted by atomic mass is 9.87. The van der Waals surface area contributed by atoms with E-state index in [4.69, 9.17) is 0 Å². The number of cyclic esters (lactones) is 1. The molecule has 0 saturated heterocycles. The van der Waals surface area contributed by atoms with E-state index in [2.05, 4.69) is 4.74 Å². The molecule has 1 aliphatic heterocycles. The highest BCUT2D eigenvalue weighted by atomic mass is 16.6. The molecule has 0 aliphatic carbocycles. The number of carbonyl (C=O) groups excluding carboxylic acids is 2. The van der Waals surface area contributed by atoms with E-state index in [1.54, 1.807) is 18.2 Å². The summed E-state index contributed by atoms with van der Waals surface area (Å²) < 4.78 is 4.54. The van der Waals surface area contributed by atoms with Crippen LogP contribution in [-0.2, 0) is 9.53 Å². The molecule has 1 aromatic carbocycles. The first-order chi connectivity index (χ1) is 9.41. The second-order valence-electron chi connectivity index (χ2n) is 4.30. The van der Waals surface area contributed by atoms with E-state index in [-0.39, 0.29) is 5.56 Å². The Morgan fingerprint density at radius 1 is 1.25 bits per heavy atom. The number of ether oxygens (including phenoxy) is 1. The molecule has 1 aromatic rings. The van der Waals surface area contributed by atoms with Crippen LogP contribution in [0, 0.1) is 0 Å². The smallest absolute Gasteiger partial charge is 0.378 e. The molecule has 4 N–H and O–H groups in total. The lowest BCUT2D eigenvalue weighted by Gasteiger charge is -2.29. The quantitative estimate of drug-likeness (QED) is 0.446. The first-order valence-electron chi connectivity index (χ1n) is 5.68. The van der Waals surface area contributed by atoms with Crippen molar-refractivity contribution >= 4 is 11.8 Å². The van der Waals surface area contributed by atoms with Crippen molar-refractivity contribution in [1.82, 2.24) is 0 Å². The summed E-state index contributed by atoms with van der Waals surface area (Å²) >= 11 is 0. The van der Waals surface area contributed by atoms with Gasteiger partial charge >= 0.3 is 5.97 Å². The topological polar surface area (TPSA) is 124 Å². The van der Waals surface area contributed by atoms with E-state index in [9.17, 15) is 30.0 Å². The zero-order valence-corrected chi connectivity index (χ0v) is 10.2. The third-order valence-corrected chi connectivity index (χ3v) is 3.01. The van der Waals surface area contributed by atoms with Crippen LogP contribution in [0.15, 0.2) is 41.9 Å². The molecule has 20 heavy (non-hydrogen) atoms. The summed E-state index contributed by atoms with van der Waals surface area (Å²) in [5, 5.41) is 38.3. The molecule has 0 radical (unpaired) electrons. The normalized spacial score (nSPS) is 21.5. The fourth-order valence-electron chi connectivity index (χ4n) is 1.88. The van der Waals surface area contributed by atoms with Gasteiger partial charge in [-0.3, -0.25) is 4.79 Å². The third kappa shape index (κ3) is 2.02. The number of aliphatic hydroxyl groups is 4. The average Bonchev–Trinajstić information content (AvgIpc) is 2.74. The van der Waals surface area contributed by atoms with Gasteiger partial charge in [0.1, 0.15) is 0 Å². The third-order valence-electron chi connectivity index (χ3n) is 3.01. The summed E-state index contributed by atoms with van der Waals surface area (Å²) in [7, 11) is 0. The van der Waals surface area contributed by atoms with Crippen LogP contribution in [0.1, 0.15) is 10.4 Å². The first kappa shape index (κ1) is 14.0. The van der Waals surface area contributed by atoms with Gasteiger partial charge < -0.3 is 25.2 Å². The summed E-state index contributed by atoms with van der Waals surface area (Å²) in [6.07, 6.45) is -1.85. The molecule has 1 aliphatic rings. The van der Waals surface area contributed by atoms with Crippen molar-refractivity contribution in [3.8, 4) is 0 Å². The Morgan fingerprint density at radius 3 is 2.30 bits per heavy atom. The highest BCUT2D eigenvalue weighted by Crippen LogP contribution is 2.30. The van der Waals surface area contributed by atoms with Crippen LogP contribution in [0.2, 0.25) is 0 Å². The van der Waals surface area contributed by atoms with Crippen LogP contribution in [0.5, 0.6) is 0 Å². The molecule has 0 amide bonds. The molecule has 0 aromatic heterocycles. The van der Waals surface area contributed by atoms with E-state index < -0.39 is 41.6 Å². The Labute approximate surface area is 113 Å². The molecule has 0 unspecified atom stereocenters. The average molecular weight is 280 g/mol. The van der Waals surface area contributed by atoms with Gasteiger partial charge in [0.15, 0.2) is 11.4 Å². The van der Waals surface area contributed by atoms with Gasteiger partial charge in [-0.25, -0.2) is 4.79 Å². The molecule has 0 fully saturated rings. The molecule has 0 saturated carbocycles. The number of carbonyl (C=O) groups is 2. The maximum atomic E-state index is 12.2. The standard InChI is InChI=1S/C13H12O7/c14-6-13(19,10(17)7-4-2-1-3-5-7)11-8(15)9(16)12(18)20-11/h1-5,11,14-16,19H,6H2/t11-,13+/m0/s1. The molecule has 7 nitrogen and oxygen atoms in total. The van der Waals surface area contributed by atoms with E-state index >= 15 is 0 Å². The zero-order valence-electron chi connectivity index (χ0n) is 10.2. The lowest BCUT2D eigenvalue weighted by Crippen LogP contribution is -2.53. The monoisotopic (exact) mass is 280 g/mol. The minimum Gasteiger partial charge on any atom is -0.505 e. The van der Waals surface area contributed by atoms with Crippen LogP contribution in [0.3, 0.4) is 0 Å². The van der Waals surface area contributed by atoms with Crippen molar-refractivity contribution in [1.29, 1.82) is 0 Å². The molecule has 2 atom stereocenters. The van der Waals surface area contributed by atoms with Crippen LogP contribution >= 0.6 is 0 Å². The van der Waals surface area contributed by atoms with Crippen molar-refractivity contribution in [3.63, 3.8) is 0 Å². The van der Waals surface area contributed by atoms with E-state index in [0.717, 1.165) is 0 Å². The fraction of sp³-hybridized carbons (Fsp3) is 0.231. The van der Waals surface area contributed by atoms with Gasteiger partial charge in [-0.15, -0.1) is 0 Å². The van der Waals surface area contributed by atoms with Crippen LogP contribution in [0.25, 0.3) is 0 Å². The molecule has 7 heteroatoms. The number of hydrogen-bond donors (Lipinski definition) is 4. The number of Topliss-reactive ketones (excluding diaryl/α,β-unsaturated/α-hetero) is 1. The molecular formula is C13H12O7. The van der Waals surface area contributed by atoms with Gasteiger partial charge in [0.2, 0.25) is 17.6 Å². The van der Waals surface area contributed by atoms with Gasteiger partial charge in [-0.05, 0) is 0 Å². The number of ketones is 1. The van der Waals surface area contributed by atoms with E-state index in [1.807, 2.05) is 0 Å². The highest BCUT2D eigenvalue weighted by Gasteiger charge is 2.53. The number of hydrogen-bond acceptors (Lipinski definition) is 7. The SMILES string of the molecule is O=C1O[C@H]([C@@](O)(CO)C(=O)c2ccccc2)C(O)=C1O.